The Bertz CT molecular complexity index is 1050. The Hall–Kier alpha value is -3.52. The highest BCUT2D eigenvalue weighted by Crippen LogP contribution is 2.33. The zero-order valence-electron chi connectivity index (χ0n) is 16.2. The van der Waals surface area contributed by atoms with Crippen molar-refractivity contribution in [3.05, 3.63) is 54.2 Å². The molecule has 0 unspecified atom stereocenters. The number of carbonyl (C=O) groups is 2. The van der Waals surface area contributed by atoms with Gasteiger partial charge in [-0.2, -0.15) is 0 Å². The maximum atomic E-state index is 11.6. The Kier molecular flexibility index (Phi) is 4.63. The fourth-order valence-electron chi connectivity index (χ4n) is 3.19. The topological polar surface area (TPSA) is 90.1 Å². The second kappa shape index (κ2) is 7.14. The van der Waals surface area contributed by atoms with Crippen molar-refractivity contribution in [2.45, 2.75) is 12.3 Å². The van der Waals surface area contributed by atoms with E-state index in [4.69, 9.17) is 18.9 Å². The summed E-state index contributed by atoms with van der Waals surface area (Å²) in [4.78, 5) is 28.0. The van der Waals surface area contributed by atoms with Gasteiger partial charge >= 0.3 is 17.8 Å². The number of fused-ring (bicyclic) bond motifs is 1. The Morgan fingerprint density at radius 3 is 2.21 bits per heavy atom. The van der Waals surface area contributed by atoms with Crippen LogP contribution in [-0.2, 0) is 25.5 Å². The number of H-pyrrole nitrogens is 1. The molecule has 1 saturated heterocycles. The van der Waals surface area contributed by atoms with Gasteiger partial charge in [0.2, 0.25) is 0 Å². The van der Waals surface area contributed by atoms with Gasteiger partial charge in [0, 0.05) is 17.1 Å². The van der Waals surface area contributed by atoms with E-state index in [1.165, 1.54) is 0 Å². The third-order valence-corrected chi connectivity index (χ3v) is 4.80. The van der Waals surface area contributed by atoms with Crippen LogP contribution in [0.4, 0.5) is 0 Å². The van der Waals surface area contributed by atoms with Crippen LogP contribution in [0, 0.1) is 0 Å². The summed E-state index contributed by atoms with van der Waals surface area (Å²) in [6, 6.07) is 12.9. The molecule has 29 heavy (non-hydrogen) atoms. The average Bonchev–Trinajstić information content (AvgIpc) is 3.23. The van der Waals surface area contributed by atoms with Gasteiger partial charge in [0.25, 0.3) is 0 Å². The fraction of sp³-hybridized carbons (Fsp3) is 0.238. The summed E-state index contributed by atoms with van der Waals surface area (Å²) >= 11 is 0. The minimum atomic E-state index is -1.48. The second-order valence-electron chi connectivity index (χ2n) is 6.86. The average molecular weight is 396 g/mol. The van der Waals surface area contributed by atoms with Crippen molar-refractivity contribution in [1.29, 1.82) is 0 Å². The lowest BCUT2D eigenvalue weighted by Gasteiger charge is -2.31. The van der Waals surface area contributed by atoms with Crippen LogP contribution in [0.5, 0.6) is 17.2 Å². The number of esters is 2. The molecular weight excluding hydrogens is 376 g/mol. The summed E-state index contributed by atoms with van der Waals surface area (Å²) < 4.78 is 21.6. The van der Waals surface area contributed by atoms with E-state index in [1.807, 2.05) is 42.5 Å². The molecular formula is C21H20N2O6. The molecule has 8 nitrogen and oxygen atoms in total. The SMILES string of the molecule is COc1ccc(Oc2ccc3[nH]cc(CC4(N(C)C)OC(=O)C(=O)O4)c3c2)cc1. The number of aromatic amines is 1. The molecule has 1 N–H and O–H groups in total. The van der Waals surface area contributed by atoms with E-state index in [0.717, 1.165) is 22.2 Å². The highest BCUT2D eigenvalue weighted by atomic mass is 16.8. The lowest BCUT2D eigenvalue weighted by atomic mass is 10.1. The molecule has 0 amide bonds. The number of benzene rings is 2. The number of likely N-dealkylation sites (N-methyl/N-ethyl adjacent to an activating group) is 1. The molecule has 3 aromatic rings. The van der Waals surface area contributed by atoms with Gasteiger partial charge in [-0.15, -0.1) is 0 Å². The summed E-state index contributed by atoms with van der Waals surface area (Å²) in [5, 5.41) is 0.872. The fourth-order valence-corrected chi connectivity index (χ4v) is 3.19. The van der Waals surface area contributed by atoms with Gasteiger partial charge in [-0.3, -0.25) is 0 Å². The molecule has 2 heterocycles. The summed E-state index contributed by atoms with van der Waals surface area (Å²) in [7, 11) is 4.97. The second-order valence-corrected chi connectivity index (χ2v) is 6.86. The number of carbonyl (C=O) groups excluding carboxylic acids is 2. The van der Waals surface area contributed by atoms with Crippen LogP contribution in [0.1, 0.15) is 5.56 Å². The summed E-state index contributed by atoms with van der Waals surface area (Å²) in [5.74, 6) is -1.41. The number of nitrogens with one attached hydrogen (secondary N) is 1. The van der Waals surface area contributed by atoms with E-state index in [0.29, 0.717) is 11.5 Å². The minimum Gasteiger partial charge on any atom is -0.497 e. The smallest absolute Gasteiger partial charge is 0.421 e. The number of hydrogen-bond acceptors (Lipinski definition) is 7. The predicted octanol–water partition coefficient (Wildman–Crippen LogP) is 2.83. The summed E-state index contributed by atoms with van der Waals surface area (Å²) in [6.07, 6.45) is 1.97. The quantitative estimate of drug-likeness (QED) is 0.506. The zero-order valence-corrected chi connectivity index (χ0v) is 16.2. The Balaban J connectivity index is 1.63. The number of aromatic nitrogens is 1. The van der Waals surface area contributed by atoms with Crippen LogP contribution in [0.2, 0.25) is 0 Å². The van der Waals surface area contributed by atoms with Gasteiger partial charge in [-0.25, -0.2) is 14.5 Å². The van der Waals surface area contributed by atoms with E-state index in [1.54, 1.807) is 32.3 Å². The standard InChI is InChI=1S/C21H20N2O6/c1-23(2)21(28-19(24)20(25)29-21)11-13-12-22-18-9-8-16(10-17(13)18)27-15-6-4-14(26-3)5-7-15/h4-10,12,22H,11H2,1-3H3. The van der Waals surface area contributed by atoms with Crippen LogP contribution < -0.4 is 9.47 Å². The third kappa shape index (κ3) is 3.50. The number of hydrogen-bond donors (Lipinski definition) is 1. The van der Waals surface area contributed by atoms with E-state index < -0.39 is 17.8 Å². The van der Waals surface area contributed by atoms with Crippen LogP contribution >= 0.6 is 0 Å². The van der Waals surface area contributed by atoms with Gasteiger partial charge < -0.3 is 23.9 Å². The molecule has 2 aromatic carbocycles. The lowest BCUT2D eigenvalue weighted by Crippen LogP contribution is -2.47. The monoisotopic (exact) mass is 396 g/mol. The van der Waals surface area contributed by atoms with E-state index in [9.17, 15) is 9.59 Å². The molecule has 150 valence electrons. The molecule has 0 saturated carbocycles. The predicted molar refractivity (Wildman–Crippen MR) is 104 cm³/mol. The molecule has 0 bridgehead atoms. The van der Waals surface area contributed by atoms with Crippen LogP contribution in [-0.4, -0.2) is 48.9 Å². The number of cyclic esters (lactones) is 2. The first kappa shape index (κ1) is 18.8. The van der Waals surface area contributed by atoms with E-state index in [2.05, 4.69) is 4.98 Å². The zero-order chi connectivity index (χ0) is 20.6. The highest BCUT2D eigenvalue weighted by molar-refractivity contribution is 6.31. The molecule has 1 aliphatic rings. The minimum absolute atomic E-state index is 0.170. The Morgan fingerprint density at radius 2 is 1.59 bits per heavy atom. The van der Waals surface area contributed by atoms with Crippen molar-refractivity contribution in [2.75, 3.05) is 21.2 Å². The Morgan fingerprint density at radius 1 is 0.966 bits per heavy atom. The first-order valence-electron chi connectivity index (χ1n) is 8.96. The normalized spacial score (nSPS) is 15.4. The van der Waals surface area contributed by atoms with Gasteiger partial charge in [0.05, 0.1) is 13.5 Å². The van der Waals surface area contributed by atoms with Gasteiger partial charge in [0.1, 0.15) is 17.2 Å². The van der Waals surface area contributed by atoms with Crippen LogP contribution in [0.15, 0.2) is 48.7 Å². The van der Waals surface area contributed by atoms with Crippen molar-refractivity contribution in [3.8, 4) is 17.2 Å². The number of nitrogens with zero attached hydrogens (tertiary/aromatic N) is 1. The molecule has 8 heteroatoms. The molecule has 4 rings (SSSR count). The lowest BCUT2D eigenvalue weighted by molar-refractivity contribution is -0.236. The number of ether oxygens (including phenoxy) is 4. The van der Waals surface area contributed by atoms with Gasteiger partial charge in [-0.05, 0) is 62.1 Å². The molecule has 0 aliphatic carbocycles. The van der Waals surface area contributed by atoms with Crippen molar-refractivity contribution >= 4 is 22.8 Å². The van der Waals surface area contributed by atoms with Gasteiger partial charge in [-0.1, -0.05) is 0 Å². The van der Waals surface area contributed by atoms with Crippen molar-refractivity contribution < 1.29 is 28.5 Å². The number of rotatable bonds is 6. The van der Waals surface area contributed by atoms with Crippen molar-refractivity contribution in [2.24, 2.45) is 0 Å². The van der Waals surface area contributed by atoms with Crippen molar-refractivity contribution in [1.82, 2.24) is 9.88 Å². The largest absolute Gasteiger partial charge is 0.497 e. The maximum absolute atomic E-state index is 11.6. The van der Waals surface area contributed by atoms with Crippen LogP contribution in [0.3, 0.4) is 0 Å². The summed E-state index contributed by atoms with van der Waals surface area (Å²) in [5.41, 5.74) is 1.70. The highest BCUT2D eigenvalue weighted by Gasteiger charge is 2.51. The molecule has 1 aromatic heterocycles. The summed E-state index contributed by atoms with van der Waals surface area (Å²) in [6.45, 7) is 0. The number of methoxy groups -OCH3 is 1. The molecule has 0 spiro atoms. The van der Waals surface area contributed by atoms with Crippen LogP contribution in [0.25, 0.3) is 10.9 Å². The maximum Gasteiger partial charge on any atom is 0.421 e. The molecule has 1 fully saturated rings. The first-order valence-corrected chi connectivity index (χ1v) is 8.96. The van der Waals surface area contributed by atoms with E-state index in [-0.39, 0.29) is 6.42 Å². The third-order valence-electron chi connectivity index (χ3n) is 4.80. The van der Waals surface area contributed by atoms with E-state index >= 15 is 0 Å². The Labute approximate surface area is 166 Å². The molecule has 1 aliphatic heterocycles. The first-order chi connectivity index (χ1) is 13.9. The molecule has 0 atom stereocenters. The van der Waals surface area contributed by atoms with Gasteiger partial charge in [0.15, 0.2) is 0 Å². The molecule has 0 radical (unpaired) electrons. The van der Waals surface area contributed by atoms with Crippen molar-refractivity contribution in [3.63, 3.8) is 0 Å².